The zero-order valence-corrected chi connectivity index (χ0v) is 14.5. The summed E-state index contributed by atoms with van der Waals surface area (Å²) >= 11 is 0. The summed E-state index contributed by atoms with van der Waals surface area (Å²) in [7, 11) is 1.62. The molecule has 0 spiro atoms. The maximum absolute atomic E-state index is 13.2. The van der Waals surface area contributed by atoms with Gasteiger partial charge in [-0.05, 0) is 38.0 Å². The minimum Gasteiger partial charge on any atom is -0.497 e. The Labute approximate surface area is 148 Å². The lowest BCUT2D eigenvalue weighted by Gasteiger charge is -2.11. The Bertz CT molecular complexity index is 1220. The van der Waals surface area contributed by atoms with Crippen molar-refractivity contribution < 1.29 is 4.74 Å². The molecular formula is C19H17N5O2. The second-order valence-electron chi connectivity index (χ2n) is 6.58. The number of benzene rings is 1. The monoisotopic (exact) mass is 347 g/mol. The predicted octanol–water partition coefficient (Wildman–Crippen LogP) is 2.76. The molecular weight excluding hydrogens is 330 g/mol. The van der Waals surface area contributed by atoms with E-state index >= 15 is 0 Å². The molecule has 7 heteroatoms. The van der Waals surface area contributed by atoms with Crippen LogP contribution >= 0.6 is 0 Å². The molecule has 26 heavy (non-hydrogen) atoms. The van der Waals surface area contributed by atoms with Crippen molar-refractivity contribution in [3.05, 3.63) is 52.7 Å². The first-order valence-corrected chi connectivity index (χ1v) is 8.58. The van der Waals surface area contributed by atoms with Crippen molar-refractivity contribution in [1.82, 2.24) is 24.1 Å². The molecule has 0 amide bonds. The number of fused-ring (bicyclic) bond motifs is 2. The summed E-state index contributed by atoms with van der Waals surface area (Å²) in [5.74, 6) is 1.81. The van der Waals surface area contributed by atoms with Crippen LogP contribution in [0.3, 0.4) is 0 Å². The topological polar surface area (TPSA) is 74.3 Å². The van der Waals surface area contributed by atoms with Gasteiger partial charge in [-0.2, -0.15) is 9.50 Å². The number of hydrogen-bond donors (Lipinski definition) is 0. The Morgan fingerprint density at radius 2 is 2.04 bits per heavy atom. The molecule has 0 saturated heterocycles. The fourth-order valence-electron chi connectivity index (χ4n) is 3.37. The average Bonchev–Trinajstić information content (AvgIpc) is 3.41. The van der Waals surface area contributed by atoms with Gasteiger partial charge in [0.1, 0.15) is 11.6 Å². The fourth-order valence-corrected chi connectivity index (χ4v) is 3.37. The van der Waals surface area contributed by atoms with Crippen molar-refractivity contribution in [3.63, 3.8) is 0 Å². The van der Waals surface area contributed by atoms with Crippen LogP contribution in [0.15, 0.2) is 41.3 Å². The van der Waals surface area contributed by atoms with Crippen molar-refractivity contribution in [2.75, 3.05) is 7.11 Å². The summed E-state index contributed by atoms with van der Waals surface area (Å²) in [6, 6.07) is 9.80. The highest BCUT2D eigenvalue weighted by Crippen LogP contribution is 2.35. The molecule has 130 valence electrons. The van der Waals surface area contributed by atoms with E-state index in [1.54, 1.807) is 11.6 Å². The SMILES string of the molecule is COc1cccc(-c2c3c(=O)n(C4CC4)ccc3nc3nc(C)nn23)c1. The van der Waals surface area contributed by atoms with Crippen LogP contribution < -0.4 is 10.3 Å². The molecule has 3 heterocycles. The standard InChI is InChI=1S/C19H17N5O2/c1-11-20-19-21-15-8-9-23(13-6-7-13)18(25)16(15)17(24(19)22-11)12-4-3-5-14(10-12)26-2/h3-5,8-10,13H,6-7H2,1-2H3. The number of rotatable bonds is 3. The molecule has 1 aliphatic carbocycles. The molecule has 1 fully saturated rings. The molecule has 0 radical (unpaired) electrons. The van der Waals surface area contributed by atoms with Crippen LogP contribution in [0.4, 0.5) is 0 Å². The molecule has 1 aromatic carbocycles. The van der Waals surface area contributed by atoms with Crippen LogP contribution in [-0.2, 0) is 0 Å². The van der Waals surface area contributed by atoms with Gasteiger partial charge in [0.15, 0.2) is 0 Å². The molecule has 0 bridgehead atoms. The molecule has 7 nitrogen and oxygen atoms in total. The van der Waals surface area contributed by atoms with E-state index in [9.17, 15) is 4.79 Å². The third-order valence-corrected chi connectivity index (χ3v) is 4.75. The zero-order valence-electron chi connectivity index (χ0n) is 14.5. The van der Waals surface area contributed by atoms with Gasteiger partial charge in [0.05, 0.1) is 23.7 Å². The third kappa shape index (κ3) is 2.20. The lowest BCUT2D eigenvalue weighted by Crippen LogP contribution is -2.20. The van der Waals surface area contributed by atoms with Crippen LogP contribution in [0, 0.1) is 6.92 Å². The molecule has 3 aromatic heterocycles. The Kier molecular flexibility index (Phi) is 3.12. The van der Waals surface area contributed by atoms with E-state index < -0.39 is 0 Å². The molecule has 0 aliphatic heterocycles. The first kappa shape index (κ1) is 15.1. The van der Waals surface area contributed by atoms with Crippen molar-refractivity contribution >= 4 is 16.7 Å². The largest absolute Gasteiger partial charge is 0.497 e. The summed E-state index contributed by atoms with van der Waals surface area (Å²) < 4.78 is 8.83. The van der Waals surface area contributed by atoms with E-state index in [-0.39, 0.29) is 5.56 Å². The summed E-state index contributed by atoms with van der Waals surface area (Å²) in [6.45, 7) is 1.82. The number of pyridine rings is 1. The van der Waals surface area contributed by atoms with Gasteiger partial charge < -0.3 is 9.30 Å². The Morgan fingerprint density at radius 3 is 2.81 bits per heavy atom. The zero-order chi connectivity index (χ0) is 17.8. The lowest BCUT2D eigenvalue weighted by molar-refractivity contribution is 0.415. The summed E-state index contributed by atoms with van der Waals surface area (Å²) in [4.78, 5) is 22.2. The van der Waals surface area contributed by atoms with Gasteiger partial charge in [-0.25, -0.2) is 4.98 Å². The average molecular weight is 347 g/mol. The van der Waals surface area contributed by atoms with E-state index in [1.165, 1.54) is 0 Å². The quantitative estimate of drug-likeness (QED) is 0.570. The van der Waals surface area contributed by atoms with E-state index in [4.69, 9.17) is 4.74 Å². The molecule has 4 aromatic rings. The molecule has 0 atom stereocenters. The Hall–Kier alpha value is -3.22. The van der Waals surface area contributed by atoms with Crippen LogP contribution in [0.25, 0.3) is 27.9 Å². The number of aromatic nitrogens is 5. The second-order valence-corrected chi connectivity index (χ2v) is 6.58. The minimum atomic E-state index is -0.0367. The number of aryl methyl sites for hydroxylation is 1. The maximum atomic E-state index is 13.2. The summed E-state index contributed by atoms with van der Waals surface area (Å²) in [5.41, 5.74) is 2.14. The van der Waals surface area contributed by atoms with E-state index in [1.807, 2.05) is 48.0 Å². The number of methoxy groups -OCH3 is 1. The van der Waals surface area contributed by atoms with E-state index in [0.29, 0.717) is 34.2 Å². The van der Waals surface area contributed by atoms with Crippen molar-refractivity contribution in [2.45, 2.75) is 25.8 Å². The van der Waals surface area contributed by atoms with Gasteiger partial charge in [0.25, 0.3) is 11.3 Å². The first-order chi connectivity index (χ1) is 12.7. The smallest absolute Gasteiger partial charge is 0.262 e. The Morgan fingerprint density at radius 1 is 1.19 bits per heavy atom. The normalized spacial score (nSPS) is 14.2. The third-order valence-electron chi connectivity index (χ3n) is 4.75. The summed E-state index contributed by atoms with van der Waals surface area (Å²) in [6.07, 6.45) is 3.92. The van der Waals surface area contributed by atoms with Crippen molar-refractivity contribution in [1.29, 1.82) is 0 Å². The Balaban J connectivity index is 1.95. The summed E-state index contributed by atoms with van der Waals surface area (Å²) in [5, 5.41) is 5.04. The molecule has 0 N–H and O–H groups in total. The maximum Gasteiger partial charge on any atom is 0.262 e. The van der Waals surface area contributed by atoms with Gasteiger partial charge >= 0.3 is 0 Å². The fraction of sp³-hybridized carbons (Fsp3) is 0.263. The van der Waals surface area contributed by atoms with Crippen LogP contribution in [-0.4, -0.2) is 31.3 Å². The van der Waals surface area contributed by atoms with E-state index in [0.717, 1.165) is 24.2 Å². The minimum absolute atomic E-state index is 0.0367. The van der Waals surface area contributed by atoms with Gasteiger partial charge in [-0.1, -0.05) is 12.1 Å². The van der Waals surface area contributed by atoms with Gasteiger partial charge in [0, 0.05) is 17.8 Å². The second kappa shape index (κ2) is 5.39. The molecule has 0 unspecified atom stereocenters. The highest BCUT2D eigenvalue weighted by atomic mass is 16.5. The highest BCUT2D eigenvalue weighted by molar-refractivity contribution is 5.93. The number of ether oxygens (including phenoxy) is 1. The van der Waals surface area contributed by atoms with Gasteiger partial charge in [-0.15, -0.1) is 5.10 Å². The van der Waals surface area contributed by atoms with Crippen LogP contribution in [0.5, 0.6) is 5.75 Å². The van der Waals surface area contributed by atoms with Gasteiger partial charge in [-0.3, -0.25) is 4.79 Å². The van der Waals surface area contributed by atoms with Gasteiger partial charge in [0.2, 0.25) is 0 Å². The first-order valence-electron chi connectivity index (χ1n) is 8.58. The number of hydrogen-bond acceptors (Lipinski definition) is 5. The molecule has 5 rings (SSSR count). The predicted molar refractivity (Wildman–Crippen MR) is 97.5 cm³/mol. The lowest BCUT2D eigenvalue weighted by atomic mass is 10.1. The molecule has 1 saturated carbocycles. The van der Waals surface area contributed by atoms with Crippen LogP contribution in [0.2, 0.25) is 0 Å². The van der Waals surface area contributed by atoms with Crippen molar-refractivity contribution in [2.24, 2.45) is 0 Å². The van der Waals surface area contributed by atoms with Crippen molar-refractivity contribution in [3.8, 4) is 17.0 Å². The van der Waals surface area contributed by atoms with Crippen LogP contribution in [0.1, 0.15) is 24.7 Å². The highest BCUT2D eigenvalue weighted by Gasteiger charge is 2.26. The molecule has 1 aliphatic rings. The number of nitrogens with zero attached hydrogens (tertiary/aromatic N) is 5. The van der Waals surface area contributed by atoms with E-state index in [2.05, 4.69) is 15.1 Å².